The van der Waals surface area contributed by atoms with Gasteiger partial charge in [0.05, 0.1) is 0 Å². The minimum absolute atomic E-state index is 0. The number of terminal acetylenes is 2. The van der Waals surface area contributed by atoms with Gasteiger partial charge in [-0.3, -0.25) is 4.70 Å². The Hall–Kier alpha value is 0.840. The van der Waals surface area contributed by atoms with Gasteiger partial charge in [-0.05, 0) is 210 Å². The van der Waals surface area contributed by atoms with Gasteiger partial charge in [-0.2, -0.15) is 63.9 Å². The molecule has 262 valence electrons. The third-order valence-electron chi connectivity index (χ3n) is 27.7. The van der Waals surface area contributed by atoms with Gasteiger partial charge in [-0.15, -0.1) is 25.6 Å². The molecule has 21 unspecified atom stereocenters. The molecule has 0 bridgehead atoms. The van der Waals surface area contributed by atoms with E-state index in [0.29, 0.717) is 0 Å². The summed E-state index contributed by atoms with van der Waals surface area (Å²) in [5.41, 5.74) is 10.9. The maximum Gasteiger partial charge on any atom is 0.124 e. The highest BCUT2D eigenvalue weighted by Crippen LogP contribution is 3.38. The molecule has 0 heterocycles. The number of halogens is 1. The van der Waals surface area contributed by atoms with Crippen LogP contribution in [0.3, 0.4) is 0 Å². The molecule has 1 nitrogen and oxygen atoms in total. The minimum atomic E-state index is 0. The van der Waals surface area contributed by atoms with Crippen molar-refractivity contribution in [2.45, 2.75) is 33.1 Å². The second-order valence-corrected chi connectivity index (χ2v) is 22.0. The van der Waals surface area contributed by atoms with Crippen molar-refractivity contribution < 1.29 is 11.8 Å². The summed E-state index contributed by atoms with van der Waals surface area (Å²) >= 11 is 0. The highest BCUT2D eigenvalue weighted by Gasteiger charge is 3.36. The Bertz CT molecular complexity index is 1830. The van der Waals surface area contributed by atoms with Gasteiger partial charge in [-0.1, -0.05) is 7.43 Å². The van der Waals surface area contributed by atoms with E-state index in [1.165, 1.54) is 143 Å². The second kappa shape index (κ2) is 6.13. The molecule has 22 saturated carbocycles. The lowest BCUT2D eigenvalue weighted by atomic mass is 8.66. The molecular formula is C41H57FNPS4. The summed E-state index contributed by atoms with van der Waals surface area (Å²) in [4.78, 5) is 0. The van der Waals surface area contributed by atoms with Gasteiger partial charge >= 0.3 is 0 Å². The van der Waals surface area contributed by atoms with Crippen LogP contribution in [0, 0.1) is 210 Å². The van der Waals surface area contributed by atoms with E-state index in [2.05, 4.69) is 12.8 Å². The fourth-order valence-electron chi connectivity index (χ4n) is 32.3. The van der Waals surface area contributed by atoms with E-state index in [1.54, 1.807) is 25.7 Å². The van der Waals surface area contributed by atoms with Crippen molar-refractivity contribution in [2.24, 2.45) is 184 Å². The average molecular weight is 750 g/mol. The molecule has 0 aromatic rings. The van der Waals surface area contributed by atoms with Crippen molar-refractivity contribution in [3.8, 4) is 25.6 Å². The van der Waals surface area contributed by atoms with E-state index >= 15 is 0 Å². The quantitative estimate of drug-likeness (QED) is 0.217. The first-order valence-corrected chi connectivity index (χ1v) is 18.4. The Morgan fingerprint density at radius 1 is 0.458 bits per heavy atom. The third kappa shape index (κ3) is 1.08. The highest BCUT2D eigenvalue weighted by atomic mass is 32.1. The molecule has 22 aliphatic rings. The molecule has 0 aromatic carbocycles. The van der Waals surface area contributed by atoms with Crippen LogP contribution in [0.1, 0.15) is 40.2 Å². The van der Waals surface area contributed by atoms with Crippen LogP contribution in [0.4, 0.5) is 4.70 Å². The van der Waals surface area contributed by atoms with Gasteiger partial charge < -0.3 is 6.15 Å². The van der Waals surface area contributed by atoms with E-state index in [4.69, 9.17) is 5.71 Å². The van der Waals surface area contributed by atoms with Gasteiger partial charge in [-0.25, -0.2) is 0 Å². The van der Waals surface area contributed by atoms with Crippen LogP contribution in [-0.2, 0) is 0 Å². The Kier molecular flexibility index (Phi) is 3.62. The van der Waals surface area contributed by atoms with Crippen LogP contribution < -0.4 is 6.15 Å². The second-order valence-electron chi connectivity index (χ2n) is 22.0. The van der Waals surface area contributed by atoms with Gasteiger partial charge in [0.15, 0.2) is 0 Å². The Morgan fingerprint density at radius 2 is 0.625 bits per heavy atom. The number of hydrogen-bond acceptors (Lipinski definition) is 1. The lowest BCUT2D eigenvalue weighted by Crippen LogP contribution is -3.35. The summed E-state index contributed by atoms with van der Waals surface area (Å²) in [6.45, 7) is 0. The fourth-order valence-corrected chi connectivity index (χ4v) is 32.3. The van der Waals surface area contributed by atoms with E-state index in [-0.39, 0.29) is 83.6 Å². The van der Waals surface area contributed by atoms with Crippen LogP contribution >= 0.6 is 63.9 Å². The maximum atomic E-state index is 5.74. The molecule has 3 N–H and O–H groups in total. The predicted octanol–water partition coefficient (Wildman–Crippen LogP) is 6.72. The van der Waals surface area contributed by atoms with Crippen LogP contribution in [0.15, 0.2) is 0 Å². The lowest BCUT2D eigenvalue weighted by Gasteiger charge is -3.37. The Balaban J connectivity index is 0.000000195. The molecule has 21 atom stereocenters. The third-order valence-corrected chi connectivity index (χ3v) is 27.7. The Morgan fingerprint density at radius 3 is 0.812 bits per heavy atom. The van der Waals surface area contributed by atoms with E-state index in [0.717, 1.165) is 54.1 Å². The summed E-state index contributed by atoms with van der Waals surface area (Å²) in [6.07, 6.45) is 18.5. The zero-order valence-corrected chi connectivity index (χ0v) is 31.9. The molecule has 0 amide bonds. The summed E-state index contributed by atoms with van der Waals surface area (Å²) in [7, 11) is 0. The molecule has 10 spiro atoms. The van der Waals surface area contributed by atoms with Crippen molar-refractivity contribution in [1.82, 2.24) is 6.15 Å². The van der Waals surface area contributed by atoms with Crippen molar-refractivity contribution in [3.63, 3.8) is 0 Å². The topological polar surface area (TPSA) is 35.0 Å². The predicted molar refractivity (Wildman–Crippen MR) is 210 cm³/mol. The monoisotopic (exact) mass is 749 g/mol. The first kappa shape index (κ1) is 28.3. The molecule has 0 radical (unpaired) electrons. The minimum Gasteiger partial charge on any atom is -0.344 e. The average Bonchev–Trinajstić information content (AvgIpc) is 2.91. The number of rotatable bonds is 0. The number of fused-ring (bicyclic) bond motifs is 18. The Labute approximate surface area is 323 Å². The van der Waals surface area contributed by atoms with Crippen LogP contribution in [-0.4, -0.2) is 0 Å². The largest absolute Gasteiger partial charge is 0.344 e. The molecule has 48 heavy (non-hydrogen) atoms. The summed E-state index contributed by atoms with van der Waals surface area (Å²) in [6, 6.07) is 0. The van der Waals surface area contributed by atoms with Crippen molar-refractivity contribution >= 4 is 63.9 Å². The van der Waals surface area contributed by atoms with Crippen molar-refractivity contribution in [2.75, 3.05) is 0 Å². The molecule has 22 fully saturated rings. The van der Waals surface area contributed by atoms with Gasteiger partial charge in [0, 0.05) is 4.40 Å². The molecule has 0 aliphatic heterocycles. The molecular weight excluding hydrogens is 685 g/mol. The van der Waals surface area contributed by atoms with E-state index < -0.39 is 0 Å². The molecule has 22 rings (SSSR count). The number of hydrogen-bond donors (Lipinski definition) is 1. The first-order chi connectivity index (χ1) is 21.7. The first-order valence-electron chi connectivity index (χ1n) is 20.4. The summed E-state index contributed by atoms with van der Waals surface area (Å²) in [5, 5.41) is 0. The lowest BCUT2D eigenvalue weighted by molar-refractivity contribution is -0.920. The van der Waals surface area contributed by atoms with Gasteiger partial charge in [0.2, 0.25) is 0 Å². The fraction of sp³-hybridized carbons (Fsp3) is 0.902. The standard InChI is InChI=1S/C36H30.2C2H2.CH4.FH.H3N.H3P.4H2S.2H2/c1-5-2-8-12-16-20-25-26-22-18-14-10-4-6-3-9-13-17-21-24-23-19-15-11-7(1)27(5,8)29(11,12)31(15,16)33(19,20)35(23,25)36(24,26)34(21,22)32(17,18)30(13,14)28(6,9)10;2*1-2;;;;;;;;;;/h5-26H,1-4H2;2*1-2H;1H4;1H;2*1H3;4*1H2;2*1H/i;2*1T;;;;;;;;;1+2T;. The van der Waals surface area contributed by atoms with Crippen LogP contribution in [0.2, 0.25) is 0 Å². The van der Waals surface area contributed by atoms with Crippen LogP contribution in [0.25, 0.3) is 0 Å². The normalized spacial score (nSPS) is 92.0. The van der Waals surface area contributed by atoms with E-state index in [9.17, 15) is 0 Å². The van der Waals surface area contributed by atoms with E-state index in [1.807, 2.05) is 0 Å². The summed E-state index contributed by atoms with van der Waals surface area (Å²) < 4.78 is 21.5. The SMILES string of the molecule is C.C1C2CC3C4C5C6C7C8C9C%10C%11C%12CC%13CC%14C%15C%16C%17C%18C%19C%20C%21C%22C1C23C%224C%215C%206C%197C%188C%179C%16%10C%15%11C%13%14%12.F.N.P.S.S.S.S.[3H]C#C.[3H]C#C.[3H][3H].[HH]. The zero-order chi connectivity index (χ0) is 27.9. The van der Waals surface area contributed by atoms with Gasteiger partial charge in [0.1, 0.15) is 2.74 Å². The van der Waals surface area contributed by atoms with Crippen LogP contribution in [0.5, 0.6) is 0 Å². The molecule has 0 saturated heterocycles. The van der Waals surface area contributed by atoms with Gasteiger partial charge in [0.25, 0.3) is 0 Å². The van der Waals surface area contributed by atoms with Crippen molar-refractivity contribution in [3.05, 3.63) is 0 Å². The highest BCUT2D eigenvalue weighted by molar-refractivity contribution is 7.59. The zero-order valence-electron chi connectivity index (χ0n) is 30.5. The molecule has 0 aromatic heterocycles. The molecule has 7 heteroatoms. The smallest absolute Gasteiger partial charge is 0.124 e. The van der Waals surface area contributed by atoms with Crippen molar-refractivity contribution in [1.29, 1.82) is 0 Å². The maximum absolute atomic E-state index is 5.74. The molecule has 22 aliphatic carbocycles. The summed E-state index contributed by atoms with van der Waals surface area (Å²) in [5.74, 6) is 29.9.